The van der Waals surface area contributed by atoms with E-state index in [9.17, 15) is 4.79 Å². The molecular formula is C13H14N2O2S. The minimum atomic E-state index is -0.329. The molecule has 5 heteroatoms. The SMILES string of the molecule is CCCC(=NNC(=O)c1ccco1)c1cccs1. The van der Waals surface area contributed by atoms with E-state index in [1.165, 1.54) is 6.26 Å². The predicted molar refractivity (Wildman–Crippen MR) is 71.9 cm³/mol. The van der Waals surface area contributed by atoms with Gasteiger partial charge in [-0.1, -0.05) is 19.4 Å². The number of hydrazone groups is 1. The Labute approximate surface area is 109 Å². The van der Waals surface area contributed by atoms with Gasteiger partial charge in [0.2, 0.25) is 0 Å². The molecular weight excluding hydrogens is 248 g/mol. The maximum Gasteiger partial charge on any atom is 0.307 e. The van der Waals surface area contributed by atoms with Crippen molar-refractivity contribution in [1.29, 1.82) is 0 Å². The van der Waals surface area contributed by atoms with Gasteiger partial charge in [0, 0.05) is 0 Å². The van der Waals surface area contributed by atoms with Gasteiger partial charge in [-0.2, -0.15) is 5.10 Å². The number of furan rings is 1. The summed E-state index contributed by atoms with van der Waals surface area (Å²) in [4.78, 5) is 12.8. The van der Waals surface area contributed by atoms with E-state index in [1.807, 2.05) is 17.5 Å². The topological polar surface area (TPSA) is 54.6 Å². The first-order valence-corrected chi connectivity index (χ1v) is 6.63. The fourth-order valence-electron chi connectivity index (χ4n) is 1.49. The molecule has 1 amide bonds. The number of carbonyl (C=O) groups is 1. The summed E-state index contributed by atoms with van der Waals surface area (Å²) in [5.74, 6) is -0.0639. The third-order valence-electron chi connectivity index (χ3n) is 2.33. The Bertz CT molecular complexity index is 515. The molecule has 18 heavy (non-hydrogen) atoms. The van der Waals surface area contributed by atoms with E-state index in [4.69, 9.17) is 4.42 Å². The quantitative estimate of drug-likeness (QED) is 0.664. The number of rotatable bonds is 5. The summed E-state index contributed by atoms with van der Waals surface area (Å²) >= 11 is 1.61. The summed E-state index contributed by atoms with van der Waals surface area (Å²) in [5, 5.41) is 6.17. The highest BCUT2D eigenvalue weighted by atomic mass is 32.1. The first-order chi connectivity index (χ1) is 8.81. The molecule has 0 unspecified atom stereocenters. The summed E-state index contributed by atoms with van der Waals surface area (Å²) in [7, 11) is 0. The number of nitrogens with one attached hydrogen (secondary N) is 1. The second-order valence-corrected chi connectivity index (χ2v) is 4.65. The lowest BCUT2D eigenvalue weighted by atomic mass is 10.2. The van der Waals surface area contributed by atoms with E-state index < -0.39 is 0 Å². The fourth-order valence-corrected chi connectivity index (χ4v) is 2.24. The van der Waals surface area contributed by atoms with Gasteiger partial charge >= 0.3 is 5.91 Å². The Hall–Kier alpha value is -1.88. The largest absolute Gasteiger partial charge is 0.459 e. The smallest absolute Gasteiger partial charge is 0.307 e. The van der Waals surface area contributed by atoms with Crippen LogP contribution in [0, 0.1) is 0 Å². The van der Waals surface area contributed by atoms with Gasteiger partial charge in [-0.25, -0.2) is 5.43 Å². The molecule has 0 fully saturated rings. The second-order valence-electron chi connectivity index (χ2n) is 3.70. The van der Waals surface area contributed by atoms with Crippen LogP contribution in [0.5, 0.6) is 0 Å². The molecule has 4 nitrogen and oxygen atoms in total. The number of thiophene rings is 1. The van der Waals surface area contributed by atoms with Gasteiger partial charge in [-0.3, -0.25) is 4.79 Å². The van der Waals surface area contributed by atoms with Crippen molar-refractivity contribution in [3.8, 4) is 0 Å². The van der Waals surface area contributed by atoms with Crippen LogP contribution in [0.15, 0.2) is 45.4 Å². The standard InChI is InChI=1S/C13H14N2O2S/c1-2-5-10(12-7-4-9-18-12)14-15-13(16)11-6-3-8-17-11/h3-4,6-9H,2,5H2,1H3,(H,15,16). The van der Waals surface area contributed by atoms with E-state index in [0.717, 1.165) is 23.4 Å². The van der Waals surface area contributed by atoms with Crippen LogP contribution in [0.25, 0.3) is 0 Å². The molecule has 0 aliphatic rings. The maximum atomic E-state index is 11.7. The molecule has 0 saturated carbocycles. The average Bonchev–Trinajstić information content (AvgIpc) is 3.04. The van der Waals surface area contributed by atoms with Crippen molar-refractivity contribution >= 4 is 23.0 Å². The first-order valence-electron chi connectivity index (χ1n) is 5.75. The van der Waals surface area contributed by atoms with Crippen molar-refractivity contribution < 1.29 is 9.21 Å². The molecule has 0 aromatic carbocycles. The van der Waals surface area contributed by atoms with Crippen LogP contribution in [-0.4, -0.2) is 11.6 Å². The van der Waals surface area contributed by atoms with Gasteiger partial charge in [-0.15, -0.1) is 11.3 Å². The normalized spacial score (nSPS) is 11.5. The minimum Gasteiger partial charge on any atom is -0.459 e. The molecule has 0 spiro atoms. The summed E-state index contributed by atoms with van der Waals surface area (Å²) in [6.07, 6.45) is 3.27. The first kappa shape index (κ1) is 12.6. The molecule has 0 aliphatic heterocycles. The van der Waals surface area contributed by atoms with Gasteiger partial charge in [0.05, 0.1) is 16.9 Å². The minimum absolute atomic E-state index is 0.265. The highest BCUT2D eigenvalue weighted by Gasteiger charge is 2.09. The van der Waals surface area contributed by atoms with Crippen molar-refractivity contribution in [2.24, 2.45) is 5.10 Å². The lowest BCUT2D eigenvalue weighted by Gasteiger charge is -2.02. The van der Waals surface area contributed by atoms with Crippen LogP contribution >= 0.6 is 11.3 Å². The van der Waals surface area contributed by atoms with E-state index in [-0.39, 0.29) is 11.7 Å². The van der Waals surface area contributed by atoms with Gasteiger partial charge in [0.25, 0.3) is 0 Å². The second kappa shape index (κ2) is 6.16. The van der Waals surface area contributed by atoms with Crippen molar-refractivity contribution in [2.45, 2.75) is 19.8 Å². The fraction of sp³-hybridized carbons (Fsp3) is 0.231. The molecule has 0 radical (unpaired) electrons. The number of hydrogen-bond acceptors (Lipinski definition) is 4. The van der Waals surface area contributed by atoms with Crippen LogP contribution in [-0.2, 0) is 0 Å². The molecule has 0 bridgehead atoms. The zero-order valence-corrected chi connectivity index (χ0v) is 10.9. The van der Waals surface area contributed by atoms with Crippen molar-refractivity contribution in [1.82, 2.24) is 5.43 Å². The van der Waals surface area contributed by atoms with Gasteiger partial charge in [0.15, 0.2) is 5.76 Å². The van der Waals surface area contributed by atoms with E-state index in [0.29, 0.717) is 0 Å². The van der Waals surface area contributed by atoms with Crippen LogP contribution in [0.3, 0.4) is 0 Å². The molecule has 0 atom stereocenters. The van der Waals surface area contributed by atoms with E-state index in [1.54, 1.807) is 23.5 Å². The number of hydrogen-bond donors (Lipinski definition) is 1. The summed E-state index contributed by atoms with van der Waals surface area (Å²) in [6.45, 7) is 2.08. The molecule has 94 valence electrons. The highest BCUT2D eigenvalue weighted by molar-refractivity contribution is 7.12. The molecule has 2 rings (SSSR count). The average molecular weight is 262 g/mol. The highest BCUT2D eigenvalue weighted by Crippen LogP contribution is 2.13. The molecule has 2 heterocycles. The van der Waals surface area contributed by atoms with Crippen LogP contribution in [0.2, 0.25) is 0 Å². The summed E-state index contributed by atoms with van der Waals surface area (Å²) < 4.78 is 5.00. The summed E-state index contributed by atoms with van der Waals surface area (Å²) in [6, 6.07) is 7.25. The molecule has 2 aromatic rings. The number of amides is 1. The van der Waals surface area contributed by atoms with Crippen molar-refractivity contribution in [2.75, 3.05) is 0 Å². The van der Waals surface area contributed by atoms with Crippen molar-refractivity contribution in [3.63, 3.8) is 0 Å². The van der Waals surface area contributed by atoms with Crippen LogP contribution in [0.4, 0.5) is 0 Å². The summed E-state index contributed by atoms with van der Waals surface area (Å²) in [5.41, 5.74) is 3.42. The Kier molecular flexibility index (Phi) is 4.30. The number of nitrogens with zero attached hydrogens (tertiary/aromatic N) is 1. The van der Waals surface area contributed by atoms with E-state index in [2.05, 4.69) is 17.5 Å². The molecule has 0 saturated heterocycles. The molecule has 2 aromatic heterocycles. The van der Waals surface area contributed by atoms with Gasteiger partial charge in [-0.05, 0) is 30.0 Å². The molecule has 0 aliphatic carbocycles. The Morgan fingerprint density at radius 1 is 1.44 bits per heavy atom. The Morgan fingerprint density at radius 3 is 2.94 bits per heavy atom. The predicted octanol–water partition coefficient (Wildman–Crippen LogP) is 3.28. The number of carbonyl (C=O) groups excluding carboxylic acids is 1. The third kappa shape index (κ3) is 3.07. The molecule has 1 N–H and O–H groups in total. The zero-order chi connectivity index (χ0) is 12.8. The van der Waals surface area contributed by atoms with Gasteiger partial charge < -0.3 is 4.42 Å². The van der Waals surface area contributed by atoms with Gasteiger partial charge in [0.1, 0.15) is 0 Å². The van der Waals surface area contributed by atoms with Crippen molar-refractivity contribution in [3.05, 3.63) is 46.5 Å². The zero-order valence-electron chi connectivity index (χ0n) is 10.1. The lowest BCUT2D eigenvalue weighted by Crippen LogP contribution is -2.19. The Morgan fingerprint density at radius 2 is 2.33 bits per heavy atom. The van der Waals surface area contributed by atoms with E-state index >= 15 is 0 Å². The lowest BCUT2D eigenvalue weighted by molar-refractivity contribution is 0.0927. The third-order valence-corrected chi connectivity index (χ3v) is 3.25. The maximum absolute atomic E-state index is 11.7. The monoisotopic (exact) mass is 262 g/mol. The van der Waals surface area contributed by atoms with Crippen LogP contribution < -0.4 is 5.43 Å². The van der Waals surface area contributed by atoms with Crippen LogP contribution in [0.1, 0.15) is 35.2 Å². The Balaban J connectivity index is 2.07.